The van der Waals surface area contributed by atoms with Crippen molar-refractivity contribution in [2.24, 2.45) is 5.92 Å². The van der Waals surface area contributed by atoms with Gasteiger partial charge in [-0.15, -0.1) is 0 Å². The third-order valence-corrected chi connectivity index (χ3v) is 6.41. The first-order valence-electron chi connectivity index (χ1n) is 11.9. The molecular formula is C27H25F2N3O5. The van der Waals surface area contributed by atoms with Crippen LogP contribution in [0.1, 0.15) is 38.9 Å². The van der Waals surface area contributed by atoms with E-state index in [1.54, 1.807) is 4.90 Å². The highest BCUT2D eigenvalue weighted by Gasteiger charge is 2.40. The van der Waals surface area contributed by atoms with Crippen molar-refractivity contribution >= 4 is 11.8 Å². The molecular weight excluding hydrogens is 484 g/mol. The number of halogens is 2. The number of nitrogens with one attached hydrogen (secondary N) is 1. The molecule has 2 aliphatic heterocycles. The van der Waals surface area contributed by atoms with E-state index in [1.807, 2.05) is 37.3 Å². The highest BCUT2D eigenvalue weighted by Crippen LogP contribution is 2.29. The highest BCUT2D eigenvalue weighted by atomic mass is 19.1. The highest BCUT2D eigenvalue weighted by molar-refractivity contribution is 5.99. The summed E-state index contributed by atoms with van der Waals surface area (Å²) in [5, 5.41) is 2.50. The molecule has 1 fully saturated rings. The zero-order chi connectivity index (χ0) is 26.1. The predicted octanol–water partition coefficient (Wildman–Crippen LogP) is 3.08. The van der Waals surface area contributed by atoms with Crippen LogP contribution < -0.4 is 15.5 Å². The van der Waals surface area contributed by atoms with E-state index >= 15 is 0 Å². The number of hydrogen-bond donors (Lipinski definition) is 1. The average molecular weight is 510 g/mol. The Kier molecular flexibility index (Phi) is 6.75. The van der Waals surface area contributed by atoms with E-state index in [0.717, 1.165) is 11.6 Å². The van der Waals surface area contributed by atoms with Gasteiger partial charge in [0, 0.05) is 30.9 Å². The quantitative estimate of drug-likeness (QED) is 0.552. The molecule has 1 N–H and O–H groups in total. The van der Waals surface area contributed by atoms with Gasteiger partial charge in [0.2, 0.25) is 5.43 Å². The topological polar surface area (TPSA) is 89.9 Å². The van der Waals surface area contributed by atoms with Crippen LogP contribution in [0.2, 0.25) is 0 Å². The summed E-state index contributed by atoms with van der Waals surface area (Å²) in [6.45, 7) is 2.89. The lowest BCUT2D eigenvalue weighted by Crippen LogP contribution is -2.55. The Balaban J connectivity index is 1.49. The number of carbonyl (C=O) groups excluding carboxylic acids is 2. The number of aromatic nitrogens is 1. The Morgan fingerprint density at radius 3 is 2.68 bits per heavy atom. The van der Waals surface area contributed by atoms with Gasteiger partial charge < -0.3 is 24.3 Å². The van der Waals surface area contributed by atoms with E-state index in [0.29, 0.717) is 19.2 Å². The molecule has 2 amide bonds. The van der Waals surface area contributed by atoms with Gasteiger partial charge in [0.05, 0.1) is 13.2 Å². The Morgan fingerprint density at radius 1 is 1.14 bits per heavy atom. The average Bonchev–Trinajstić information content (AvgIpc) is 2.88. The van der Waals surface area contributed by atoms with Gasteiger partial charge in [0.1, 0.15) is 23.8 Å². The van der Waals surface area contributed by atoms with Gasteiger partial charge in [0.25, 0.3) is 11.8 Å². The Morgan fingerprint density at radius 2 is 1.92 bits per heavy atom. The minimum absolute atomic E-state index is 0.0125. The van der Waals surface area contributed by atoms with E-state index in [9.17, 15) is 23.2 Å². The molecule has 1 saturated heterocycles. The zero-order valence-electron chi connectivity index (χ0n) is 20.1. The first-order valence-corrected chi connectivity index (χ1v) is 11.9. The summed E-state index contributed by atoms with van der Waals surface area (Å²) in [4.78, 5) is 41.6. The predicted molar refractivity (Wildman–Crippen MR) is 129 cm³/mol. The third kappa shape index (κ3) is 4.97. The molecule has 0 saturated carbocycles. The fourth-order valence-corrected chi connectivity index (χ4v) is 4.51. The van der Waals surface area contributed by atoms with Crippen LogP contribution >= 0.6 is 0 Å². The summed E-state index contributed by atoms with van der Waals surface area (Å²) in [5.74, 6) is -2.84. The normalized spacial score (nSPS) is 18.7. The number of fused-ring (bicyclic) bond motifs is 2. The molecule has 2 aromatic carbocycles. The Bertz CT molecular complexity index is 1410. The molecule has 8 nitrogen and oxygen atoms in total. The Hall–Kier alpha value is -4.05. The molecule has 0 bridgehead atoms. The first kappa shape index (κ1) is 24.6. The molecule has 3 aromatic rings. The molecule has 0 aliphatic carbocycles. The first-order chi connectivity index (χ1) is 17.8. The molecule has 5 rings (SSSR count). The number of carbonyl (C=O) groups is 2. The van der Waals surface area contributed by atoms with Crippen molar-refractivity contribution in [2.45, 2.75) is 32.8 Å². The maximum Gasteiger partial charge on any atom is 0.276 e. The van der Waals surface area contributed by atoms with Crippen LogP contribution in [-0.4, -0.2) is 40.7 Å². The molecule has 0 spiro atoms. The van der Waals surface area contributed by atoms with Crippen LogP contribution in [0.4, 0.5) is 8.78 Å². The molecule has 3 heterocycles. The van der Waals surface area contributed by atoms with Crippen LogP contribution in [0.3, 0.4) is 0 Å². The fraction of sp³-hybridized carbons (Fsp3) is 0.296. The summed E-state index contributed by atoms with van der Waals surface area (Å²) in [5.41, 5.74) is -0.130. The number of rotatable bonds is 6. The van der Waals surface area contributed by atoms with Gasteiger partial charge in [-0.2, -0.15) is 0 Å². The third-order valence-electron chi connectivity index (χ3n) is 6.41. The van der Waals surface area contributed by atoms with Crippen LogP contribution in [-0.2, 0) is 24.4 Å². The molecule has 2 atom stereocenters. The number of benzene rings is 2. The van der Waals surface area contributed by atoms with E-state index in [4.69, 9.17) is 9.47 Å². The standard InChI is InChI=1S/C27H25F2N3O5/c1-16-11-32-22(36-14-16)13-31-12-20(26(34)30-10-18-7-8-19(28)9-21(18)29)24(33)25(23(31)27(32)35)37-15-17-5-3-2-4-6-17/h2-9,12,16,22H,10-11,13-15H2,1H3,(H,30,34)/t16-,22-/m0/s1. The lowest BCUT2D eigenvalue weighted by molar-refractivity contribution is -0.111. The van der Waals surface area contributed by atoms with Gasteiger partial charge in [-0.25, -0.2) is 8.78 Å². The summed E-state index contributed by atoms with van der Waals surface area (Å²) in [6.07, 6.45) is 0.768. The Labute approximate surface area is 211 Å². The van der Waals surface area contributed by atoms with Crippen molar-refractivity contribution in [2.75, 3.05) is 13.2 Å². The summed E-state index contributed by atoms with van der Waals surface area (Å²) < 4.78 is 40.5. The zero-order valence-corrected chi connectivity index (χ0v) is 20.1. The monoisotopic (exact) mass is 509 g/mol. The second kappa shape index (κ2) is 10.1. The molecule has 0 radical (unpaired) electrons. The molecule has 192 valence electrons. The number of hydrogen-bond acceptors (Lipinski definition) is 5. The van der Waals surface area contributed by atoms with Crippen LogP contribution in [0, 0.1) is 17.6 Å². The molecule has 37 heavy (non-hydrogen) atoms. The van der Waals surface area contributed by atoms with Crippen molar-refractivity contribution in [1.29, 1.82) is 0 Å². The number of amides is 2. The fourth-order valence-electron chi connectivity index (χ4n) is 4.51. The molecule has 2 aliphatic rings. The molecule has 1 aromatic heterocycles. The summed E-state index contributed by atoms with van der Waals surface area (Å²) in [7, 11) is 0. The van der Waals surface area contributed by atoms with Crippen LogP contribution in [0.25, 0.3) is 0 Å². The van der Waals surface area contributed by atoms with Crippen molar-refractivity contribution in [3.05, 3.63) is 99.0 Å². The van der Waals surface area contributed by atoms with Crippen molar-refractivity contribution in [3.8, 4) is 5.75 Å². The van der Waals surface area contributed by atoms with Crippen LogP contribution in [0.15, 0.2) is 59.5 Å². The van der Waals surface area contributed by atoms with Gasteiger partial charge in [-0.05, 0) is 17.5 Å². The largest absolute Gasteiger partial charge is 0.483 e. The second-order valence-electron chi connectivity index (χ2n) is 9.25. The number of nitrogens with zero attached hydrogens (tertiary/aromatic N) is 2. The maximum atomic E-state index is 14.0. The second-order valence-corrected chi connectivity index (χ2v) is 9.25. The lowest BCUT2D eigenvalue weighted by atomic mass is 10.1. The van der Waals surface area contributed by atoms with E-state index < -0.39 is 35.1 Å². The van der Waals surface area contributed by atoms with Crippen molar-refractivity contribution < 1.29 is 27.8 Å². The van der Waals surface area contributed by atoms with Crippen molar-refractivity contribution in [1.82, 2.24) is 14.8 Å². The number of ether oxygens (including phenoxy) is 2. The minimum atomic E-state index is -0.816. The van der Waals surface area contributed by atoms with Gasteiger partial charge in [-0.1, -0.05) is 43.3 Å². The van der Waals surface area contributed by atoms with E-state index in [2.05, 4.69) is 5.32 Å². The van der Waals surface area contributed by atoms with E-state index in [-0.39, 0.29) is 48.2 Å². The van der Waals surface area contributed by atoms with Gasteiger partial charge >= 0.3 is 0 Å². The van der Waals surface area contributed by atoms with Gasteiger partial charge in [0.15, 0.2) is 17.7 Å². The van der Waals surface area contributed by atoms with E-state index in [1.165, 1.54) is 16.8 Å². The van der Waals surface area contributed by atoms with Crippen LogP contribution in [0.5, 0.6) is 5.75 Å². The maximum absolute atomic E-state index is 14.0. The van der Waals surface area contributed by atoms with Crippen molar-refractivity contribution in [3.63, 3.8) is 0 Å². The molecule has 10 heteroatoms. The molecule has 0 unspecified atom stereocenters. The SMILES string of the molecule is C[C@@H]1CO[C@H]2Cn3cc(C(=O)NCc4ccc(F)cc4F)c(=O)c(OCc4ccccc4)c3C(=O)N2C1. The summed E-state index contributed by atoms with van der Waals surface area (Å²) >= 11 is 0. The van der Waals surface area contributed by atoms with Gasteiger partial charge in [-0.3, -0.25) is 14.4 Å². The lowest BCUT2D eigenvalue weighted by Gasteiger charge is -2.42. The minimum Gasteiger partial charge on any atom is -0.483 e. The smallest absolute Gasteiger partial charge is 0.276 e. The number of pyridine rings is 1. The summed E-state index contributed by atoms with van der Waals surface area (Å²) in [6, 6.07) is 12.1.